The second-order valence-corrected chi connectivity index (χ2v) is 9.34. The number of amides is 1. The van der Waals surface area contributed by atoms with Crippen molar-refractivity contribution in [3.8, 4) is 0 Å². The summed E-state index contributed by atoms with van der Waals surface area (Å²) in [6, 6.07) is 3.86. The molecule has 1 aromatic rings. The van der Waals surface area contributed by atoms with E-state index in [1.54, 1.807) is 0 Å². The highest BCUT2D eigenvalue weighted by atomic mass is 32.2. The number of nitrogens with one attached hydrogen (secondary N) is 1. The van der Waals surface area contributed by atoms with Crippen molar-refractivity contribution < 1.29 is 13.2 Å². The monoisotopic (exact) mass is 381 g/mol. The lowest BCUT2D eigenvalue weighted by atomic mass is 9.97. The molecule has 1 saturated heterocycles. The molecule has 3 N–H and O–H groups in total. The summed E-state index contributed by atoms with van der Waals surface area (Å²) >= 11 is 0. The zero-order valence-corrected chi connectivity index (χ0v) is 17.0. The quantitative estimate of drug-likeness (QED) is 0.787. The molecule has 1 unspecified atom stereocenters. The van der Waals surface area contributed by atoms with Crippen molar-refractivity contribution >= 4 is 15.9 Å². The number of hydrogen-bond donors (Lipinski definition) is 2. The number of nitrogens with zero attached hydrogens (tertiary/aromatic N) is 1. The van der Waals surface area contributed by atoms with Crippen LogP contribution < -0.4 is 11.1 Å². The van der Waals surface area contributed by atoms with Gasteiger partial charge in [-0.05, 0) is 58.1 Å². The number of hydrogen-bond acceptors (Lipinski definition) is 4. The molecule has 2 rings (SSSR count). The number of carbonyl (C=O) groups is 1. The van der Waals surface area contributed by atoms with Gasteiger partial charge in [0.2, 0.25) is 15.9 Å². The first-order valence-corrected chi connectivity index (χ1v) is 10.7. The van der Waals surface area contributed by atoms with Crippen LogP contribution in [0.3, 0.4) is 0 Å². The lowest BCUT2D eigenvalue weighted by molar-refractivity contribution is -0.126. The molecule has 7 heteroatoms. The molecule has 1 fully saturated rings. The number of rotatable bonds is 6. The van der Waals surface area contributed by atoms with Crippen LogP contribution in [-0.2, 0) is 14.8 Å². The standard InChI is InChI=1S/C19H31N3O3S/c1-13-11-14(2)18(15(3)12-13)26(24,25)22-9-6-17(7-10-22)19(23)21-8-5-16(4)20/h11-12,16-17H,5-10,20H2,1-4H3,(H,21,23). The van der Waals surface area contributed by atoms with Gasteiger partial charge in [-0.2, -0.15) is 4.31 Å². The highest BCUT2D eigenvalue weighted by molar-refractivity contribution is 7.89. The van der Waals surface area contributed by atoms with Gasteiger partial charge < -0.3 is 11.1 Å². The zero-order chi connectivity index (χ0) is 19.5. The second-order valence-electron chi connectivity index (χ2n) is 7.46. The fraction of sp³-hybridized carbons (Fsp3) is 0.632. The number of sulfonamides is 1. The summed E-state index contributed by atoms with van der Waals surface area (Å²) in [6.07, 6.45) is 1.84. The van der Waals surface area contributed by atoms with Crippen LogP contribution in [0.4, 0.5) is 0 Å². The third-order valence-electron chi connectivity index (χ3n) is 4.93. The van der Waals surface area contributed by atoms with E-state index >= 15 is 0 Å². The summed E-state index contributed by atoms with van der Waals surface area (Å²) in [4.78, 5) is 12.6. The van der Waals surface area contributed by atoms with E-state index in [2.05, 4.69) is 5.32 Å². The van der Waals surface area contributed by atoms with Gasteiger partial charge in [0.05, 0.1) is 4.90 Å². The summed E-state index contributed by atoms with van der Waals surface area (Å²) in [5, 5.41) is 2.91. The molecule has 0 aromatic heterocycles. The highest BCUT2D eigenvalue weighted by Gasteiger charge is 2.33. The van der Waals surface area contributed by atoms with Gasteiger partial charge in [0.25, 0.3) is 0 Å². The summed E-state index contributed by atoms with van der Waals surface area (Å²) in [5.41, 5.74) is 8.30. The average molecular weight is 382 g/mol. The first-order chi connectivity index (χ1) is 12.1. The van der Waals surface area contributed by atoms with E-state index in [1.165, 1.54) is 4.31 Å². The molecule has 0 aliphatic carbocycles. The van der Waals surface area contributed by atoms with Gasteiger partial charge in [-0.3, -0.25) is 4.79 Å². The van der Waals surface area contributed by atoms with Crippen LogP contribution >= 0.6 is 0 Å². The molecule has 0 radical (unpaired) electrons. The molecule has 0 bridgehead atoms. The van der Waals surface area contributed by atoms with Crippen LogP contribution in [-0.4, -0.2) is 44.3 Å². The Morgan fingerprint density at radius 2 is 1.77 bits per heavy atom. The van der Waals surface area contributed by atoms with Crippen molar-refractivity contribution in [2.24, 2.45) is 11.7 Å². The Hall–Kier alpha value is -1.44. The Kier molecular flexibility index (Phi) is 6.82. The van der Waals surface area contributed by atoms with Gasteiger partial charge in [-0.15, -0.1) is 0 Å². The molecule has 1 aliphatic heterocycles. The predicted molar refractivity (Wildman–Crippen MR) is 103 cm³/mol. The third-order valence-corrected chi connectivity index (χ3v) is 7.13. The smallest absolute Gasteiger partial charge is 0.243 e. The van der Waals surface area contributed by atoms with E-state index in [4.69, 9.17) is 5.73 Å². The molecule has 1 heterocycles. The van der Waals surface area contributed by atoms with Gasteiger partial charge in [-0.1, -0.05) is 17.7 Å². The Morgan fingerprint density at radius 1 is 1.23 bits per heavy atom. The van der Waals surface area contributed by atoms with E-state index in [9.17, 15) is 13.2 Å². The lowest BCUT2D eigenvalue weighted by Crippen LogP contribution is -2.43. The van der Waals surface area contributed by atoms with Crippen LogP contribution in [0.2, 0.25) is 0 Å². The number of benzene rings is 1. The molecular weight excluding hydrogens is 350 g/mol. The minimum atomic E-state index is -3.53. The van der Waals surface area contributed by atoms with Crippen molar-refractivity contribution in [1.29, 1.82) is 0 Å². The first kappa shape index (κ1) is 20.9. The number of carbonyl (C=O) groups excluding carboxylic acids is 1. The van der Waals surface area contributed by atoms with Gasteiger partial charge in [0, 0.05) is 31.6 Å². The van der Waals surface area contributed by atoms with Crippen molar-refractivity contribution in [3.63, 3.8) is 0 Å². The first-order valence-electron chi connectivity index (χ1n) is 9.24. The Labute approximate surface area is 157 Å². The maximum Gasteiger partial charge on any atom is 0.243 e. The van der Waals surface area contributed by atoms with Crippen LogP contribution in [0.15, 0.2) is 17.0 Å². The lowest BCUT2D eigenvalue weighted by Gasteiger charge is -2.31. The zero-order valence-electron chi connectivity index (χ0n) is 16.2. The minimum absolute atomic E-state index is 0.00500. The van der Waals surface area contributed by atoms with Crippen molar-refractivity contribution in [2.75, 3.05) is 19.6 Å². The van der Waals surface area contributed by atoms with Gasteiger partial charge in [-0.25, -0.2) is 8.42 Å². The van der Waals surface area contributed by atoms with Gasteiger partial charge in [0.15, 0.2) is 0 Å². The van der Waals surface area contributed by atoms with Crippen molar-refractivity contribution in [3.05, 3.63) is 28.8 Å². The SMILES string of the molecule is Cc1cc(C)c(S(=O)(=O)N2CCC(C(=O)NCCC(C)N)CC2)c(C)c1. The molecular formula is C19H31N3O3S. The second kappa shape index (κ2) is 8.50. The Balaban J connectivity index is 2.02. The molecule has 6 nitrogen and oxygen atoms in total. The molecule has 0 spiro atoms. The molecule has 1 amide bonds. The average Bonchev–Trinajstić information content (AvgIpc) is 2.53. The van der Waals surface area contributed by atoms with Gasteiger partial charge in [0.1, 0.15) is 0 Å². The van der Waals surface area contributed by atoms with E-state index < -0.39 is 10.0 Å². The van der Waals surface area contributed by atoms with E-state index in [1.807, 2.05) is 39.8 Å². The van der Waals surface area contributed by atoms with Crippen LogP contribution in [0.25, 0.3) is 0 Å². The minimum Gasteiger partial charge on any atom is -0.356 e. The van der Waals surface area contributed by atoms with E-state index in [-0.39, 0.29) is 17.9 Å². The summed E-state index contributed by atoms with van der Waals surface area (Å²) in [5.74, 6) is -0.125. The van der Waals surface area contributed by atoms with E-state index in [0.29, 0.717) is 37.4 Å². The summed E-state index contributed by atoms with van der Waals surface area (Å²) in [6.45, 7) is 8.87. The topological polar surface area (TPSA) is 92.5 Å². The predicted octanol–water partition coefficient (Wildman–Crippen LogP) is 1.87. The fourth-order valence-electron chi connectivity index (χ4n) is 3.63. The van der Waals surface area contributed by atoms with Gasteiger partial charge >= 0.3 is 0 Å². The maximum atomic E-state index is 13.1. The Bertz CT molecular complexity index is 728. The number of piperidine rings is 1. The largest absolute Gasteiger partial charge is 0.356 e. The molecule has 1 atom stereocenters. The van der Waals surface area contributed by atoms with Crippen LogP contribution in [0.5, 0.6) is 0 Å². The molecule has 1 aromatic carbocycles. The molecule has 146 valence electrons. The van der Waals surface area contributed by atoms with Crippen LogP contribution in [0.1, 0.15) is 42.9 Å². The highest BCUT2D eigenvalue weighted by Crippen LogP contribution is 2.28. The molecule has 26 heavy (non-hydrogen) atoms. The van der Waals surface area contributed by atoms with E-state index in [0.717, 1.165) is 23.1 Å². The normalized spacial score (nSPS) is 17.9. The van der Waals surface area contributed by atoms with Crippen molar-refractivity contribution in [2.45, 2.75) is 57.9 Å². The fourth-order valence-corrected chi connectivity index (χ4v) is 5.51. The Morgan fingerprint density at radius 3 is 2.27 bits per heavy atom. The summed E-state index contributed by atoms with van der Waals surface area (Å²) < 4.78 is 27.7. The summed E-state index contributed by atoms with van der Waals surface area (Å²) in [7, 11) is -3.53. The van der Waals surface area contributed by atoms with Crippen LogP contribution in [0, 0.1) is 26.7 Å². The number of aryl methyl sites for hydroxylation is 3. The number of nitrogens with two attached hydrogens (primary N) is 1. The van der Waals surface area contributed by atoms with Crippen molar-refractivity contribution in [1.82, 2.24) is 9.62 Å². The molecule has 1 aliphatic rings. The molecule has 0 saturated carbocycles. The maximum absolute atomic E-state index is 13.1. The third kappa shape index (κ3) is 4.84.